The molecule has 100 valence electrons. The quantitative estimate of drug-likeness (QED) is 0.747. The largest absolute Gasteiger partial charge is 0.388 e. The average molecular weight is 263 g/mol. The lowest BCUT2D eigenvalue weighted by Gasteiger charge is -2.01. The molecule has 0 atom stereocenters. The minimum Gasteiger partial charge on any atom is -0.388 e. The third-order valence-corrected chi connectivity index (χ3v) is 3.39. The van der Waals surface area contributed by atoms with Crippen LogP contribution in [0.25, 0.3) is 22.6 Å². The summed E-state index contributed by atoms with van der Waals surface area (Å²) in [7, 11) is 1.91. The summed E-state index contributed by atoms with van der Waals surface area (Å²) in [6, 6.07) is 16.6. The highest BCUT2D eigenvalue weighted by Crippen LogP contribution is 2.23. The van der Waals surface area contributed by atoms with E-state index in [2.05, 4.69) is 58.6 Å². The average Bonchev–Trinajstić information content (AvgIpc) is 2.98. The third-order valence-electron chi connectivity index (χ3n) is 3.39. The van der Waals surface area contributed by atoms with Gasteiger partial charge in [-0.2, -0.15) is 0 Å². The molecule has 20 heavy (non-hydrogen) atoms. The van der Waals surface area contributed by atoms with Gasteiger partial charge in [0.1, 0.15) is 5.82 Å². The van der Waals surface area contributed by atoms with E-state index in [1.807, 2.05) is 25.4 Å². The van der Waals surface area contributed by atoms with Gasteiger partial charge in [-0.3, -0.25) is 0 Å². The van der Waals surface area contributed by atoms with Crippen molar-refractivity contribution in [3.8, 4) is 22.6 Å². The van der Waals surface area contributed by atoms with Gasteiger partial charge < -0.3 is 10.3 Å². The number of hydrogen-bond donors (Lipinski definition) is 2. The number of imidazole rings is 1. The molecule has 0 radical (unpaired) electrons. The molecular formula is C17H17N3. The molecule has 2 aromatic carbocycles. The van der Waals surface area contributed by atoms with Gasteiger partial charge in [-0.25, -0.2) is 4.98 Å². The lowest BCUT2D eigenvalue weighted by molar-refractivity contribution is 1.31. The molecule has 0 amide bonds. The Bertz CT molecular complexity index is 694. The van der Waals surface area contributed by atoms with Crippen molar-refractivity contribution in [1.29, 1.82) is 0 Å². The van der Waals surface area contributed by atoms with Crippen molar-refractivity contribution in [3.05, 3.63) is 60.3 Å². The van der Waals surface area contributed by atoms with Crippen LogP contribution in [0.2, 0.25) is 0 Å². The van der Waals surface area contributed by atoms with Crippen LogP contribution in [0.4, 0.5) is 5.69 Å². The van der Waals surface area contributed by atoms with Crippen LogP contribution in [0.3, 0.4) is 0 Å². The number of benzene rings is 2. The van der Waals surface area contributed by atoms with Crippen molar-refractivity contribution in [1.82, 2.24) is 9.97 Å². The lowest BCUT2D eigenvalue weighted by atomic mass is 10.1. The zero-order valence-corrected chi connectivity index (χ0v) is 11.6. The zero-order valence-electron chi connectivity index (χ0n) is 11.6. The fourth-order valence-corrected chi connectivity index (χ4v) is 2.14. The van der Waals surface area contributed by atoms with E-state index >= 15 is 0 Å². The first-order chi connectivity index (χ1) is 9.76. The molecule has 1 aromatic heterocycles. The van der Waals surface area contributed by atoms with E-state index in [0.29, 0.717) is 0 Å². The smallest absolute Gasteiger partial charge is 0.137 e. The number of nitrogens with zero attached hydrogens (tertiary/aromatic N) is 1. The highest BCUT2D eigenvalue weighted by Gasteiger charge is 2.05. The van der Waals surface area contributed by atoms with E-state index in [0.717, 1.165) is 28.3 Å². The number of hydrogen-bond acceptors (Lipinski definition) is 2. The fourth-order valence-electron chi connectivity index (χ4n) is 2.14. The van der Waals surface area contributed by atoms with E-state index in [1.165, 1.54) is 5.56 Å². The summed E-state index contributed by atoms with van der Waals surface area (Å²) >= 11 is 0. The molecule has 0 unspecified atom stereocenters. The van der Waals surface area contributed by atoms with Crippen LogP contribution in [0.5, 0.6) is 0 Å². The molecule has 1 heterocycles. The van der Waals surface area contributed by atoms with E-state index < -0.39 is 0 Å². The Balaban J connectivity index is 1.91. The Kier molecular flexibility index (Phi) is 3.25. The lowest BCUT2D eigenvalue weighted by Crippen LogP contribution is -1.87. The molecule has 3 nitrogen and oxygen atoms in total. The Morgan fingerprint density at radius 1 is 0.900 bits per heavy atom. The van der Waals surface area contributed by atoms with Gasteiger partial charge in [-0.1, -0.05) is 29.8 Å². The van der Waals surface area contributed by atoms with Gasteiger partial charge in [0.05, 0.1) is 11.9 Å². The number of rotatable bonds is 3. The first-order valence-electron chi connectivity index (χ1n) is 6.66. The van der Waals surface area contributed by atoms with Crippen LogP contribution < -0.4 is 5.32 Å². The van der Waals surface area contributed by atoms with E-state index in [1.54, 1.807) is 0 Å². The van der Waals surface area contributed by atoms with E-state index in [9.17, 15) is 0 Å². The van der Waals surface area contributed by atoms with Gasteiger partial charge in [0.15, 0.2) is 0 Å². The van der Waals surface area contributed by atoms with Crippen molar-refractivity contribution >= 4 is 5.69 Å². The van der Waals surface area contributed by atoms with Crippen molar-refractivity contribution in [2.75, 3.05) is 12.4 Å². The molecular weight excluding hydrogens is 246 g/mol. The van der Waals surface area contributed by atoms with Gasteiger partial charge >= 0.3 is 0 Å². The summed E-state index contributed by atoms with van der Waals surface area (Å²) < 4.78 is 0. The second kappa shape index (κ2) is 5.21. The summed E-state index contributed by atoms with van der Waals surface area (Å²) in [5.74, 6) is 0.892. The molecule has 0 bridgehead atoms. The highest BCUT2D eigenvalue weighted by molar-refractivity contribution is 5.65. The maximum absolute atomic E-state index is 4.46. The number of aromatic amines is 1. The molecule has 0 saturated carbocycles. The first-order valence-corrected chi connectivity index (χ1v) is 6.66. The molecule has 0 saturated heterocycles. The van der Waals surface area contributed by atoms with E-state index in [-0.39, 0.29) is 0 Å². The monoisotopic (exact) mass is 263 g/mol. The summed E-state index contributed by atoms with van der Waals surface area (Å²) in [4.78, 5) is 7.84. The first kappa shape index (κ1) is 12.5. The van der Waals surface area contributed by atoms with Gasteiger partial charge in [-0.15, -0.1) is 0 Å². The Morgan fingerprint density at radius 3 is 2.20 bits per heavy atom. The second-order valence-electron chi connectivity index (χ2n) is 4.84. The van der Waals surface area contributed by atoms with Crippen molar-refractivity contribution in [3.63, 3.8) is 0 Å². The molecule has 0 aliphatic heterocycles. The van der Waals surface area contributed by atoms with Crippen LogP contribution in [0.15, 0.2) is 54.7 Å². The number of anilines is 1. The minimum absolute atomic E-state index is 0.892. The molecule has 2 N–H and O–H groups in total. The Labute approximate surface area is 118 Å². The maximum atomic E-state index is 4.46. The second-order valence-corrected chi connectivity index (χ2v) is 4.84. The van der Waals surface area contributed by atoms with Crippen molar-refractivity contribution < 1.29 is 0 Å². The van der Waals surface area contributed by atoms with Gasteiger partial charge in [0.25, 0.3) is 0 Å². The van der Waals surface area contributed by atoms with Crippen LogP contribution in [-0.2, 0) is 0 Å². The summed E-state index contributed by atoms with van der Waals surface area (Å²) in [5, 5.41) is 3.11. The number of aryl methyl sites for hydroxylation is 1. The summed E-state index contributed by atoms with van der Waals surface area (Å²) in [6.45, 7) is 2.09. The fraction of sp³-hybridized carbons (Fsp3) is 0.118. The number of nitrogens with one attached hydrogen (secondary N) is 2. The molecule has 3 aromatic rings. The maximum Gasteiger partial charge on any atom is 0.137 e. The molecule has 0 spiro atoms. The van der Waals surface area contributed by atoms with Crippen LogP contribution in [0, 0.1) is 6.92 Å². The van der Waals surface area contributed by atoms with Crippen molar-refractivity contribution in [2.24, 2.45) is 0 Å². The van der Waals surface area contributed by atoms with Crippen molar-refractivity contribution in [2.45, 2.75) is 6.92 Å². The standard InChI is InChI=1S/C17H17N3/c1-12-3-5-13(6-4-12)16-11-19-17(20-16)14-7-9-15(18-2)10-8-14/h3-11,18H,1-2H3,(H,19,20). The number of aromatic nitrogens is 2. The number of H-pyrrole nitrogens is 1. The predicted molar refractivity (Wildman–Crippen MR) is 83.7 cm³/mol. The molecule has 3 heteroatoms. The van der Waals surface area contributed by atoms with Gasteiger partial charge in [-0.05, 0) is 36.8 Å². The Hall–Kier alpha value is -2.55. The summed E-state index contributed by atoms with van der Waals surface area (Å²) in [6.07, 6.45) is 1.88. The highest BCUT2D eigenvalue weighted by atomic mass is 14.9. The summed E-state index contributed by atoms with van der Waals surface area (Å²) in [5.41, 5.74) is 5.64. The normalized spacial score (nSPS) is 10.5. The molecule has 3 rings (SSSR count). The van der Waals surface area contributed by atoms with Gasteiger partial charge in [0, 0.05) is 18.3 Å². The zero-order chi connectivity index (χ0) is 13.9. The van der Waals surface area contributed by atoms with Crippen LogP contribution >= 0.6 is 0 Å². The molecule has 0 aliphatic rings. The van der Waals surface area contributed by atoms with Gasteiger partial charge in [0.2, 0.25) is 0 Å². The predicted octanol–water partition coefficient (Wildman–Crippen LogP) is 4.09. The molecule has 0 aliphatic carbocycles. The van der Waals surface area contributed by atoms with Crippen LogP contribution in [0.1, 0.15) is 5.56 Å². The Morgan fingerprint density at radius 2 is 1.55 bits per heavy atom. The van der Waals surface area contributed by atoms with Crippen LogP contribution in [-0.4, -0.2) is 17.0 Å². The van der Waals surface area contributed by atoms with E-state index in [4.69, 9.17) is 0 Å². The molecule has 0 fully saturated rings. The minimum atomic E-state index is 0.892. The topological polar surface area (TPSA) is 40.7 Å². The third kappa shape index (κ3) is 2.43. The SMILES string of the molecule is CNc1ccc(-c2ncc(-c3ccc(C)cc3)[nH]2)cc1.